The molecule has 0 saturated carbocycles. The van der Waals surface area contributed by atoms with Gasteiger partial charge in [0.25, 0.3) is 0 Å². The van der Waals surface area contributed by atoms with Gasteiger partial charge in [-0.2, -0.15) is 5.26 Å². The average molecular weight is 449 g/mol. The number of aliphatic hydroxyl groups excluding tert-OH is 2. The first-order chi connectivity index (χ1) is 15.6. The summed E-state index contributed by atoms with van der Waals surface area (Å²) < 4.78 is 0. The van der Waals surface area contributed by atoms with E-state index in [9.17, 15) is 10.2 Å². The third-order valence-electron chi connectivity index (χ3n) is 5.84. The number of nitriles is 1. The van der Waals surface area contributed by atoms with E-state index in [0.717, 1.165) is 29.9 Å². The molecule has 6 nitrogen and oxygen atoms in total. The molecule has 164 valence electrons. The lowest BCUT2D eigenvalue weighted by atomic mass is 10.0. The van der Waals surface area contributed by atoms with Gasteiger partial charge in [-0.25, -0.2) is 0 Å². The topological polar surface area (TPSA) is 83.6 Å². The van der Waals surface area contributed by atoms with Crippen molar-refractivity contribution in [3.8, 4) is 6.07 Å². The van der Waals surface area contributed by atoms with Crippen molar-refractivity contribution in [1.82, 2.24) is 9.88 Å². The standard InChI is InChI=1S/C25H25ClN4O2/c26-21-12-18(13-27)7-9-23(21)30-11-10-29(15-24(30)20-4-2-1-3-5-20)16-25(32)22-8-6-19(17-31)14-28-22/h1-9,12,14,24-25,31-32H,10-11,15-17H2/t24-,25?/m0/s1. The summed E-state index contributed by atoms with van der Waals surface area (Å²) in [5.41, 5.74) is 3.92. The van der Waals surface area contributed by atoms with Gasteiger partial charge >= 0.3 is 0 Å². The van der Waals surface area contributed by atoms with Crippen LogP contribution in [0.4, 0.5) is 5.69 Å². The first kappa shape index (κ1) is 22.3. The largest absolute Gasteiger partial charge is 0.392 e. The summed E-state index contributed by atoms with van der Waals surface area (Å²) in [6, 6.07) is 21.4. The number of hydrogen-bond donors (Lipinski definition) is 2. The van der Waals surface area contributed by atoms with Crippen LogP contribution < -0.4 is 4.90 Å². The zero-order valence-corrected chi connectivity index (χ0v) is 18.4. The van der Waals surface area contributed by atoms with E-state index < -0.39 is 6.10 Å². The zero-order valence-electron chi connectivity index (χ0n) is 17.6. The molecular formula is C25H25ClN4O2. The number of rotatable bonds is 6. The Kier molecular flexibility index (Phi) is 7.03. The van der Waals surface area contributed by atoms with Crippen molar-refractivity contribution in [2.45, 2.75) is 18.8 Å². The van der Waals surface area contributed by atoms with Gasteiger partial charge in [0, 0.05) is 32.4 Å². The van der Waals surface area contributed by atoms with Gasteiger partial charge in [0.1, 0.15) is 6.10 Å². The Hall–Kier alpha value is -2.95. The molecule has 1 unspecified atom stereocenters. The number of hydrogen-bond acceptors (Lipinski definition) is 6. The van der Waals surface area contributed by atoms with E-state index in [0.29, 0.717) is 29.4 Å². The second-order valence-electron chi connectivity index (χ2n) is 7.92. The minimum absolute atomic E-state index is 0.0484. The lowest BCUT2D eigenvalue weighted by Crippen LogP contribution is -2.49. The van der Waals surface area contributed by atoms with Crippen LogP contribution in [-0.2, 0) is 6.61 Å². The lowest BCUT2D eigenvalue weighted by molar-refractivity contribution is 0.0975. The number of aliphatic hydroxyl groups is 2. The number of halogens is 1. The third-order valence-corrected chi connectivity index (χ3v) is 6.14. The Bertz CT molecular complexity index is 1090. The monoisotopic (exact) mass is 448 g/mol. The summed E-state index contributed by atoms with van der Waals surface area (Å²) in [5.74, 6) is 0. The van der Waals surface area contributed by atoms with Gasteiger partial charge in [0.2, 0.25) is 0 Å². The predicted molar refractivity (Wildman–Crippen MR) is 124 cm³/mol. The van der Waals surface area contributed by atoms with Gasteiger partial charge < -0.3 is 15.1 Å². The SMILES string of the molecule is N#Cc1ccc(N2CCN(CC(O)c3ccc(CO)cn3)C[C@H]2c2ccccc2)c(Cl)c1. The Morgan fingerprint density at radius 3 is 2.59 bits per heavy atom. The van der Waals surface area contributed by atoms with Crippen LogP contribution in [0.25, 0.3) is 0 Å². The van der Waals surface area contributed by atoms with E-state index in [2.05, 4.69) is 33.0 Å². The van der Waals surface area contributed by atoms with Crippen molar-refractivity contribution >= 4 is 17.3 Å². The molecule has 1 aliphatic rings. The molecular weight excluding hydrogens is 424 g/mol. The Labute approximate surface area is 192 Å². The second-order valence-corrected chi connectivity index (χ2v) is 8.33. The average Bonchev–Trinajstić information content (AvgIpc) is 2.84. The van der Waals surface area contributed by atoms with E-state index >= 15 is 0 Å². The Balaban J connectivity index is 1.55. The molecule has 3 aromatic rings. The fourth-order valence-electron chi connectivity index (χ4n) is 4.13. The first-order valence-electron chi connectivity index (χ1n) is 10.6. The molecule has 7 heteroatoms. The molecule has 2 aromatic carbocycles. The molecule has 2 atom stereocenters. The summed E-state index contributed by atoms with van der Waals surface area (Å²) >= 11 is 6.55. The molecule has 0 radical (unpaired) electrons. The van der Waals surface area contributed by atoms with Gasteiger partial charge in [-0.15, -0.1) is 0 Å². The van der Waals surface area contributed by atoms with Gasteiger partial charge in [0.05, 0.1) is 40.7 Å². The zero-order chi connectivity index (χ0) is 22.5. The molecule has 0 aliphatic carbocycles. The number of nitrogens with zero attached hydrogens (tertiary/aromatic N) is 4. The number of aromatic nitrogens is 1. The van der Waals surface area contributed by atoms with Crippen molar-refractivity contribution in [2.75, 3.05) is 31.1 Å². The molecule has 1 saturated heterocycles. The summed E-state index contributed by atoms with van der Waals surface area (Å²) in [7, 11) is 0. The van der Waals surface area contributed by atoms with Crippen LogP contribution in [-0.4, -0.2) is 46.3 Å². The summed E-state index contributed by atoms with van der Waals surface area (Å²) in [6.45, 7) is 2.60. The molecule has 1 aromatic heterocycles. The number of β-amino-alcohol motifs (C(OH)–C–C–N with tert-alkyl or cyclic N) is 1. The van der Waals surface area contributed by atoms with Crippen LogP contribution in [0.1, 0.15) is 34.5 Å². The second kappa shape index (κ2) is 10.1. The van der Waals surface area contributed by atoms with E-state index in [4.69, 9.17) is 16.9 Å². The van der Waals surface area contributed by atoms with Crippen molar-refractivity contribution in [1.29, 1.82) is 5.26 Å². The van der Waals surface area contributed by atoms with Crippen LogP contribution in [0.3, 0.4) is 0 Å². The fourth-order valence-corrected chi connectivity index (χ4v) is 4.42. The normalized spacial score (nSPS) is 17.7. The van der Waals surface area contributed by atoms with Gasteiger partial charge in [-0.1, -0.05) is 48.0 Å². The summed E-state index contributed by atoms with van der Waals surface area (Å²) in [6.07, 6.45) is 0.875. The third kappa shape index (κ3) is 4.93. The number of benzene rings is 2. The van der Waals surface area contributed by atoms with Crippen LogP contribution in [0, 0.1) is 11.3 Å². The maximum Gasteiger partial charge on any atom is 0.109 e. The van der Waals surface area contributed by atoms with Gasteiger partial charge in [-0.05, 0) is 35.4 Å². The van der Waals surface area contributed by atoms with Crippen LogP contribution in [0.2, 0.25) is 5.02 Å². The lowest BCUT2D eigenvalue weighted by Gasteiger charge is -2.44. The number of anilines is 1. The highest BCUT2D eigenvalue weighted by molar-refractivity contribution is 6.33. The number of piperazine rings is 1. The highest BCUT2D eigenvalue weighted by Crippen LogP contribution is 2.36. The predicted octanol–water partition coefficient (Wildman–Crippen LogP) is 3.70. The molecule has 0 spiro atoms. The fraction of sp³-hybridized carbons (Fsp3) is 0.280. The van der Waals surface area contributed by atoms with Crippen LogP contribution in [0.15, 0.2) is 66.9 Å². The smallest absolute Gasteiger partial charge is 0.109 e. The molecule has 1 aliphatic heterocycles. The molecule has 0 bridgehead atoms. The maximum atomic E-state index is 10.7. The molecule has 2 N–H and O–H groups in total. The van der Waals surface area contributed by atoms with Crippen molar-refractivity contribution < 1.29 is 10.2 Å². The van der Waals surface area contributed by atoms with Crippen molar-refractivity contribution in [2.24, 2.45) is 0 Å². The van der Waals surface area contributed by atoms with Crippen molar-refractivity contribution in [3.05, 3.63) is 94.3 Å². The number of pyridine rings is 1. The van der Waals surface area contributed by atoms with E-state index in [1.165, 1.54) is 0 Å². The molecule has 4 rings (SSSR count). The van der Waals surface area contributed by atoms with Crippen molar-refractivity contribution in [3.63, 3.8) is 0 Å². The van der Waals surface area contributed by atoms with E-state index in [1.54, 1.807) is 30.5 Å². The van der Waals surface area contributed by atoms with Crippen LogP contribution >= 0.6 is 11.6 Å². The van der Waals surface area contributed by atoms with E-state index in [-0.39, 0.29) is 12.6 Å². The Morgan fingerprint density at radius 1 is 1.12 bits per heavy atom. The minimum atomic E-state index is -0.718. The highest BCUT2D eigenvalue weighted by Gasteiger charge is 2.30. The first-order valence-corrected chi connectivity index (χ1v) is 10.9. The molecule has 0 amide bonds. The molecule has 32 heavy (non-hydrogen) atoms. The summed E-state index contributed by atoms with van der Waals surface area (Å²) in [4.78, 5) is 8.80. The quantitative estimate of drug-likeness (QED) is 0.598. The molecule has 2 heterocycles. The molecule has 1 fully saturated rings. The van der Waals surface area contributed by atoms with Crippen LogP contribution in [0.5, 0.6) is 0 Å². The highest BCUT2D eigenvalue weighted by atomic mass is 35.5. The Morgan fingerprint density at radius 2 is 1.94 bits per heavy atom. The maximum absolute atomic E-state index is 10.7. The summed E-state index contributed by atoms with van der Waals surface area (Å²) in [5, 5.41) is 29.7. The van der Waals surface area contributed by atoms with Gasteiger partial charge in [0.15, 0.2) is 0 Å². The minimum Gasteiger partial charge on any atom is -0.392 e. The van der Waals surface area contributed by atoms with Gasteiger partial charge in [-0.3, -0.25) is 9.88 Å². The van der Waals surface area contributed by atoms with E-state index in [1.807, 2.05) is 24.3 Å².